The van der Waals surface area contributed by atoms with Gasteiger partial charge in [-0.1, -0.05) is 32.6 Å². The predicted octanol–water partition coefficient (Wildman–Crippen LogP) is -1.11. The van der Waals surface area contributed by atoms with Gasteiger partial charge in [0.25, 0.3) is 5.91 Å². The van der Waals surface area contributed by atoms with E-state index >= 15 is 0 Å². The van der Waals surface area contributed by atoms with Crippen LogP contribution in [0.4, 0.5) is 0 Å². The summed E-state index contributed by atoms with van der Waals surface area (Å²) in [6, 6.07) is 0. The monoisotopic (exact) mass is 335 g/mol. The van der Waals surface area contributed by atoms with Crippen LogP contribution in [0.25, 0.3) is 0 Å². The van der Waals surface area contributed by atoms with Crippen LogP contribution < -0.4 is 5.32 Å². The van der Waals surface area contributed by atoms with E-state index in [1.165, 1.54) is 7.11 Å². The van der Waals surface area contributed by atoms with Crippen molar-refractivity contribution in [3.63, 3.8) is 0 Å². The van der Waals surface area contributed by atoms with Gasteiger partial charge in [0, 0.05) is 13.7 Å². The fourth-order valence-electron chi connectivity index (χ4n) is 2.52. The largest absolute Gasteiger partial charge is 0.387 e. The van der Waals surface area contributed by atoms with Crippen LogP contribution in [0, 0.1) is 0 Å². The molecule has 1 saturated heterocycles. The molecule has 6 atom stereocenters. The van der Waals surface area contributed by atoms with E-state index in [2.05, 4.69) is 12.2 Å². The van der Waals surface area contributed by atoms with Crippen LogP contribution >= 0.6 is 0 Å². The number of aliphatic hydroxyl groups is 4. The molecule has 0 spiro atoms. The Labute approximate surface area is 136 Å². The van der Waals surface area contributed by atoms with Crippen LogP contribution in [0.15, 0.2) is 0 Å². The number of methoxy groups -OCH3 is 1. The van der Waals surface area contributed by atoms with Gasteiger partial charge in [-0.15, -0.1) is 0 Å². The van der Waals surface area contributed by atoms with Gasteiger partial charge in [0.15, 0.2) is 12.4 Å². The Morgan fingerprint density at radius 2 is 1.78 bits per heavy atom. The highest BCUT2D eigenvalue weighted by atomic mass is 16.7. The van der Waals surface area contributed by atoms with E-state index in [0.29, 0.717) is 6.54 Å². The second-order valence-electron chi connectivity index (χ2n) is 5.83. The minimum atomic E-state index is -1.67. The van der Waals surface area contributed by atoms with Crippen molar-refractivity contribution in [3.05, 3.63) is 0 Å². The van der Waals surface area contributed by atoms with Crippen LogP contribution in [0.3, 0.4) is 0 Å². The van der Waals surface area contributed by atoms with E-state index in [4.69, 9.17) is 9.47 Å². The van der Waals surface area contributed by atoms with Gasteiger partial charge in [0.2, 0.25) is 0 Å². The summed E-state index contributed by atoms with van der Waals surface area (Å²) in [6.45, 7) is 2.54. The lowest BCUT2D eigenvalue weighted by Gasteiger charge is -2.41. The number of aliphatic hydroxyl groups excluding tert-OH is 4. The highest BCUT2D eigenvalue weighted by molar-refractivity contribution is 5.81. The van der Waals surface area contributed by atoms with Crippen molar-refractivity contribution in [2.24, 2.45) is 0 Å². The molecule has 1 unspecified atom stereocenters. The number of rotatable bonds is 9. The number of carbonyl (C=O) groups is 1. The zero-order valence-corrected chi connectivity index (χ0v) is 13.7. The molecule has 8 heteroatoms. The van der Waals surface area contributed by atoms with Crippen LogP contribution in [-0.4, -0.2) is 76.8 Å². The van der Waals surface area contributed by atoms with Gasteiger partial charge in [-0.05, 0) is 6.42 Å². The first kappa shape index (κ1) is 20.3. The Bertz CT molecular complexity index is 353. The Morgan fingerprint density at radius 1 is 1.13 bits per heavy atom. The molecule has 23 heavy (non-hydrogen) atoms. The first-order valence-corrected chi connectivity index (χ1v) is 8.12. The molecule has 0 radical (unpaired) electrons. The van der Waals surface area contributed by atoms with Crippen LogP contribution in [-0.2, 0) is 14.3 Å². The molecule has 5 N–H and O–H groups in total. The summed E-state index contributed by atoms with van der Waals surface area (Å²) < 4.78 is 10.0. The van der Waals surface area contributed by atoms with Crippen molar-refractivity contribution in [1.29, 1.82) is 0 Å². The molecule has 0 aromatic carbocycles. The number of hydrogen-bond acceptors (Lipinski definition) is 7. The molecule has 1 heterocycles. The SMILES string of the molecule is CCCCCCCNC(=O)C(O)[C@H]1O[C@H](OC)[C@H](O)[C@@H](O)[C@@H]1O. The zero-order valence-electron chi connectivity index (χ0n) is 13.7. The maximum atomic E-state index is 11.9. The summed E-state index contributed by atoms with van der Waals surface area (Å²) in [5.74, 6) is -0.692. The molecule has 1 rings (SSSR count). The van der Waals surface area contributed by atoms with Gasteiger partial charge in [0.05, 0.1) is 0 Å². The summed E-state index contributed by atoms with van der Waals surface area (Å²) >= 11 is 0. The molecule has 1 aliphatic heterocycles. The molecule has 1 aliphatic rings. The normalized spacial score (nSPS) is 32.5. The van der Waals surface area contributed by atoms with Crippen molar-refractivity contribution in [2.45, 2.75) is 75.8 Å². The van der Waals surface area contributed by atoms with Gasteiger partial charge < -0.3 is 35.2 Å². The standard InChI is InChI=1S/C15H29NO7/c1-3-4-5-6-7-8-16-14(21)12(20)13-10(18)9(17)11(19)15(22-2)23-13/h9-13,15,17-20H,3-8H2,1-2H3,(H,16,21)/t9-,10-,11+,12?,13-,15-/m0/s1. The van der Waals surface area contributed by atoms with Gasteiger partial charge in [0.1, 0.15) is 24.4 Å². The molecule has 0 aromatic heterocycles. The Morgan fingerprint density at radius 3 is 2.39 bits per heavy atom. The number of nitrogens with one attached hydrogen (secondary N) is 1. The summed E-state index contributed by atoms with van der Waals surface area (Å²) in [5.41, 5.74) is 0. The average Bonchev–Trinajstić information content (AvgIpc) is 2.55. The van der Waals surface area contributed by atoms with Crippen molar-refractivity contribution < 1.29 is 34.7 Å². The smallest absolute Gasteiger partial charge is 0.251 e. The van der Waals surface area contributed by atoms with E-state index in [0.717, 1.165) is 32.1 Å². The maximum Gasteiger partial charge on any atom is 0.251 e. The van der Waals surface area contributed by atoms with Crippen molar-refractivity contribution >= 4 is 5.91 Å². The van der Waals surface area contributed by atoms with E-state index < -0.39 is 42.7 Å². The fourth-order valence-corrected chi connectivity index (χ4v) is 2.52. The molecule has 1 amide bonds. The number of unbranched alkanes of at least 4 members (excludes halogenated alkanes) is 4. The van der Waals surface area contributed by atoms with E-state index in [-0.39, 0.29) is 0 Å². The second kappa shape index (κ2) is 10.2. The molecular formula is C15H29NO7. The molecule has 0 aliphatic carbocycles. The summed E-state index contributed by atoms with van der Waals surface area (Å²) in [5, 5.41) is 41.9. The van der Waals surface area contributed by atoms with Crippen LogP contribution in [0.2, 0.25) is 0 Å². The summed E-state index contributed by atoms with van der Waals surface area (Å²) in [6.07, 6.45) is -3.73. The molecule has 0 saturated carbocycles. The summed E-state index contributed by atoms with van der Waals surface area (Å²) in [4.78, 5) is 11.9. The summed E-state index contributed by atoms with van der Waals surface area (Å²) in [7, 11) is 1.25. The lowest BCUT2D eigenvalue weighted by Crippen LogP contribution is -2.63. The van der Waals surface area contributed by atoms with Crippen molar-refractivity contribution in [3.8, 4) is 0 Å². The van der Waals surface area contributed by atoms with Gasteiger partial charge in [-0.25, -0.2) is 0 Å². The Kier molecular flexibility index (Phi) is 8.96. The fraction of sp³-hybridized carbons (Fsp3) is 0.933. The first-order valence-electron chi connectivity index (χ1n) is 8.12. The molecule has 136 valence electrons. The van der Waals surface area contributed by atoms with Gasteiger partial charge >= 0.3 is 0 Å². The Balaban J connectivity index is 2.45. The van der Waals surface area contributed by atoms with Crippen LogP contribution in [0.1, 0.15) is 39.0 Å². The van der Waals surface area contributed by atoms with Crippen molar-refractivity contribution in [1.82, 2.24) is 5.32 Å². The highest BCUT2D eigenvalue weighted by Gasteiger charge is 2.48. The molecule has 0 aromatic rings. The molecule has 8 nitrogen and oxygen atoms in total. The predicted molar refractivity (Wildman–Crippen MR) is 81.5 cm³/mol. The first-order chi connectivity index (χ1) is 10.9. The third-order valence-corrected chi connectivity index (χ3v) is 4.00. The minimum absolute atomic E-state index is 0.418. The molecule has 0 bridgehead atoms. The average molecular weight is 335 g/mol. The second-order valence-corrected chi connectivity index (χ2v) is 5.83. The highest BCUT2D eigenvalue weighted by Crippen LogP contribution is 2.23. The lowest BCUT2D eigenvalue weighted by molar-refractivity contribution is -0.301. The van der Waals surface area contributed by atoms with Crippen LogP contribution in [0.5, 0.6) is 0 Å². The molecular weight excluding hydrogens is 306 g/mol. The minimum Gasteiger partial charge on any atom is -0.387 e. The van der Waals surface area contributed by atoms with Crippen molar-refractivity contribution in [2.75, 3.05) is 13.7 Å². The quantitative estimate of drug-likeness (QED) is 0.338. The van der Waals surface area contributed by atoms with E-state index in [1.54, 1.807) is 0 Å². The number of amides is 1. The number of hydrogen-bond donors (Lipinski definition) is 5. The topological polar surface area (TPSA) is 128 Å². The molecule has 1 fully saturated rings. The maximum absolute atomic E-state index is 11.9. The third-order valence-electron chi connectivity index (χ3n) is 4.00. The Hall–Kier alpha value is -0.770. The third kappa shape index (κ3) is 5.66. The van der Waals surface area contributed by atoms with Gasteiger partial charge in [-0.3, -0.25) is 4.79 Å². The number of carbonyl (C=O) groups excluding carboxylic acids is 1. The van der Waals surface area contributed by atoms with E-state index in [9.17, 15) is 25.2 Å². The lowest BCUT2D eigenvalue weighted by atomic mass is 9.95. The van der Waals surface area contributed by atoms with Gasteiger partial charge in [-0.2, -0.15) is 0 Å². The number of ether oxygens (including phenoxy) is 2. The van der Waals surface area contributed by atoms with E-state index in [1.807, 2.05) is 0 Å². The zero-order chi connectivity index (χ0) is 17.4.